The smallest absolute Gasteiger partial charge is 0.0512 e. The van der Waals surface area contributed by atoms with Crippen molar-refractivity contribution >= 4 is 63.7 Å². The van der Waals surface area contributed by atoms with Crippen LogP contribution in [0.5, 0.6) is 0 Å². The van der Waals surface area contributed by atoms with Gasteiger partial charge in [-0.3, -0.25) is 0 Å². The Kier molecular flexibility index (Phi) is 5.57. The summed E-state index contributed by atoms with van der Waals surface area (Å²) in [6.07, 6.45) is 0.914. The van der Waals surface area contributed by atoms with Gasteiger partial charge in [-0.05, 0) is 141 Å². The predicted molar refractivity (Wildman–Crippen MR) is 155 cm³/mol. The fourth-order valence-electron chi connectivity index (χ4n) is 6.54. The summed E-state index contributed by atoms with van der Waals surface area (Å²) in [7, 11) is 0. The van der Waals surface area contributed by atoms with Crippen molar-refractivity contribution in [3.63, 3.8) is 0 Å². The highest BCUT2D eigenvalue weighted by Gasteiger charge is 2.54. The zero-order valence-corrected chi connectivity index (χ0v) is 25.4. The van der Waals surface area contributed by atoms with Crippen LogP contribution in [0.3, 0.4) is 0 Å². The van der Waals surface area contributed by atoms with Crippen molar-refractivity contribution in [3.05, 3.63) is 134 Å². The Morgan fingerprint density at radius 1 is 0.676 bits per heavy atom. The van der Waals surface area contributed by atoms with Crippen molar-refractivity contribution in [1.29, 1.82) is 0 Å². The van der Waals surface area contributed by atoms with Crippen molar-refractivity contribution in [1.82, 2.24) is 0 Å². The Morgan fingerprint density at radius 3 is 1.74 bits per heavy atom. The fraction of sp³-hybridized carbons (Fsp3) is 0.200. The summed E-state index contributed by atoms with van der Waals surface area (Å²) in [5.41, 5.74) is 13.6. The van der Waals surface area contributed by atoms with Gasteiger partial charge >= 0.3 is 0 Å². The third-order valence-corrected chi connectivity index (χ3v) is 12.6. The molecule has 0 heterocycles. The van der Waals surface area contributed by atoms with E-state index in [4.69, 9.17) is 0 Å². The molecule has 4 aromatic carbocycles. The van der Waals surface area contributed by atoms with E-state index < -0.39 is 0 Å². The van der Waals surface area contributed by atoms with Crippen LogP contribution >= 0.6 is 63.7 Å². The monoisotopic (exact) mass is 698 g/mol. The zero-order chi connectivity index (χ0) is 23.9. The number of hydrogen-bond donors (Lipinski definition) is 0. The van der Waals surface area contributed by atoms with Crippen molar-refractivity contribution in [2.45, 2.75) is 38.5 Å². The predicted octanol–water partition coefficient (Wildman–Crippen LogP) is 10.0. The molecule has 7 rings (SSSR count). The van der Waals surface area contributed by atoms with Crippen LogP contribution in [0, 0.1) is 20.8 Å². The SMILES string of the molecule is Cc1cc(C)c(CC23c4ccccc4C(c4ccccc42)c2c(Br)c(Br)c(Br)c(Br)c23)c(C)c1. The molecule has 4 aromatic rings. The molecule has 3 aliphatic carbocycles. The Labute approximate surface area is 234 Å². The standard InChI is InChI=1S/C30H22Br4/c1-15-12-16(2)20(17(3)13-15)14-30-21-10-6-4-8-18(21)23(19-9-5-7-11-22(19)30)24-25(30)27(32)29(34)28(33)26(24)31/h4-13,23H,14H2,1-3H3. The first kappa shape index (κ1) is 23.2. The van der Waals surface area contributed by atoms with Gasteiger partial charge in [0, 0.05) is 23.8 Å². The first-order valence-corrected chi connectivity index (χ1v) is 14.6. The minimum atomic E-state index is -0.299. The molecule has 34 heavy (non-hydrogen) atoms. The molecule has 0 spiro atoms. The number of hydrogen-bond acceptors (Lipinski definition) is 0. The second-order valence-electron chi connectivity index (χ2n) is 9.61. The van der Waals surface area contributed by atoms with E-state index in [0.717, 1.165) is 24.3 Å². The second-order valence-corrected chi connectivity index (χ2v) is 12.8. The molecule has 0 saturated heterocycles. The third-order valence-electron chi connectivity index (χ3n) is 7.76. The van der Waals surface area contributed by atoms with Crippen LogP contribution in [0.25, 0.3) is 0 Å². The highest BCUT2D eigenvalue weighted by Crippen LogP contribution is 2.64. The van der Waals surface area contributed by atoms with Gasteiger partial charge in [-0.2, -0.15) is 0 Å². The van der Waals surface area contributed by atoms with E-state index in [1.165, 1.54) is 55.6 Å². The quantitative estimate of drug-likeness (QED) is 0.144. The van der Waals surface area contributed by atoms with Crippen LogP contribution in [0.4, 0.5) is 0 Å². The molecule has 4 heteroatoms. The van der Waals surface area contributed by atoms with Crippen molar-refractivity contribution in [2.75, 3.05) is 0 Å². The second kappa shape index (κ2) is 8.16. The van der Waals surface area contributed by atoms with Gasteiger partial charge in [0.1, 0.15) is 0 Å². The van der Waals surface area contributed by atoms with Crippen LogP contribution in [0.15, 0.2) is 78.6 Å². The lowest BCUT2D eigenvalue weighted by molar-refractivity contribution is 0.533. The van der Waals surface area contributed by atoms with E-state index in [-0.39, 0.29) is 11.3 Å². The summed E-state index contributed by atoms with van der Waals surface area (Å²) in [5, 5.41) is 0. The van der Waals surface area contributed by atoms with Gasteiger partial charge in [-0.25, -0.2) is 0 Å². The van der Waals surface area contributed by atoms with E-state index in [1.807, 2.05) is 0 Å². The average Bonchev–Trinajstić information content (AvgIpc) is 2.83. The summed E-state index contributed by atoms with van der Waals surface area (Å²) >= 11 is 15.8. The van der Waals surface area contributed by atoms with Gasteiger partial charge in [-0.15, -0.1) is 0 Å². The molecule has 170 valence electrons. The van der Waals surface area contributed by atoms with Gasteiger partial charge in [0.25, 0.3) is 0 Å². The molecule has 0 fully saturated rings. The lowest BCUT2D eigenvalue weighted by Crippen LogP contribution is -2.44. The van der Waals surface area contributed by atoms with Crippen LogP contribution in [0.2, 0.25) is 0 Å². The molecular formula is C30H22Br4. The summed E-state index contributed by atoms with van der Waals surface area (Å²) < 4.78 is 4.37. The minimum Gasteiger partial charge on any atom is -0.0619 e. The van der Waals surface area contributed by atoms with Crippen LogP contribution in [-0.4, -0.2) is 0 Å². The summed E-state index contributed by atoms with van der Waals surface area (Å²) in [6, 6.07) is 22.8. The number of benzene rings is 4. The minimum absolute atomic E-state index is 0.194. The van der Waals surface area contributed by atoms with E-state index in [0.29, 0.717) is 0 Å². The molecule has 0 atom stereocenters. The molecule has 0 N–H and O–H groups in total. The Hall–Kier alpha value is -1.20. The highest BCUT2D eigenvalue weighted by molar-refractivity contribution is 9.15. The van der Waals surface area contributed by atoms with E-state index >= 15 is 0 Å². The van der Waals surface area contributed by atoms with Gasteiger partial charge in [0.2, 0.25) is 0 Å². The van der Waals surface area contributed by atoms with Crippen molar-refractivity contribution < 1.29 is 0 Å². The lowest BCUT2D eigenvalue weighted by atomic mass is 9.51. The highest BCUT2D eigenvalue weighted by atomic mass is 79.9. The molecule has 0 aromatic heterocycles. The fourth-order valence-corrected chi connectivity index (χ4v) is 9.25. The molecule has 0 amide bonds. The Morgan fingerprint density at radius 2 is 1.18 bits per heavy atom. The molecule has 0 aliphatic heterocycles. The van der Waals surface area contributed by atoms with Crippen molar-refractivity contribution in [2.24, 2.45) is 0 Å². The molecule has 0 nitrogen and oxygen atoms in total. The summed E-state index contributed by atoms with van der Waals surface area (Å²) in [6.45, 7) is 6.72. The summed E-state index contributed by atoms with van der Waals surface area (Å²) in [5.74, 6) is 0.194. The number of aryl methyl sites for hydroxylation is 3. The topological polar surface area (TPSA) is 0 Å². The molecule has 0 saturated carbocycles. The molecule has 0 radical (unpaired) electrons. The van der Waals surface area contributed by atoms with Crippen LogP contribution in [0.1, 0.15) is 61.6 Å². The normalized spacial score (nSPS) is 19.6. The van der Waals surface area contributed by atoms with Crippen LogP contribution in [-0.2, 0) is 11.8 Å². The van der Waals surface area contributed by atoms with E-state index in [2.05, 4.69) is 145 Å². The molecular weight excluding hydrogens is 680 g/mol. The Bertz CT molecular complexity index is 1440. The van der Waals surface area contributed by atoms with E-state index in [1.54, 1.807) is 0 Å². The van der Waals surface area contributed by atoms with Gasteiger partial charge in [0.05, 0.1) is 5.41 Å². The molecule has 2 bridgehead atoms. The van der Waals surface area contributed by atoms with Gasteiger partial charge < -0.3 is 0 Å². The zero-order valence-electron chi connectivity index (χ0n) is 19.1. The molecule has 3 aliphatic rings. The number of halogens is 4. The maximum absolute atomic E-state index is 4.06. The summed E-state index contributed by atoms with van der Waals surface area (Å²) in [4.78, 5) is 0. The lowest BCUT2D eigenvalue weighted by Gasteiger charge is -2.52. The first-order chi connectivity index (χ1) is 16.3. The van der Waals surface area contributed by atoms with Gasteiger partial charge in [0.15, 0.2) is 0 Å². The van der Waals surface area contributed by atoms with E-state index in [9.17, 15) is 0 Å². The third kappa shape index (κ3) is 2.98. The maximum atomic E-state index is 4.06. The van der Waals surface area contributed by atoms with Crippen LogP contribution < -0.4 is 0 Å². The largest absolute Gasteiger partial charge is 0.0619 e. The number of rotatable bonds is 2. The average molecular weight is 702 g/mol. The Balaban J connectivity index is 1.81. The molecule has 0 unspecified atom stereocenters. The van der Waals surface area contributed by atoms with Crippen molar-refractivity contribution in [3.8, 4) is 0 Å². The first-order valence-electron chi connectivity index (χ1n) is 11.4. The van der Waals surface area contributed by atoms with Gasteiger partial charge in [-0.1, -0.05) is 66.2 Å². The maximum Gasteiger partial charge on any atom is 0.0512 e.